The molecule has 0 heterocycles. The normalized spacial score (nSPS) is 11.2. The zero-order chi connectivity index (χ0) is 9.07. The molecule has 0 aliphatic heterocycles. The summed E-state index contributed by atoms with van der Waals surface area (Å²) in [6, 6.07) is 0. The molecule has 0 rings (SSSR count). The van der Waals surface area contributed by atoms with Gasteiger partial charge in [-0.15, -0.1) is 0 Å². The van der Waals surface area contributed by atoms with Crippen molar-refractivity contribution >= 4 is 0 Å². The highest BCUT2D eigenvalue weighted by molar-refractivity contribution is 4.78. The topological polar surface area (TPSA) is 32.3 Å². The smallest absolute Gasteiger partial charge is 0.0431 e. The molecule has 72 valence electrons. The van der Waals surface area contributed by atoms with E-state index in [1.54, 1.807) is 0 Å². The molecule has 2 N–H and O–H groups in total. The van der Waals surface area contributed by atoms with E-state index in [-0.39, 0.29) is 0 Å². The third kappa shape index (κ3) is 9.66. The van der Waals surface area contributed by atoms with Crippen LogP contribution in [0.25, 0.3) is 0 Å². The van der Waals surface area contributed by atoms with Gasteiger partial charge < -0.3 is 10.4 Å². The maximum Gasteiger partial charge on any atom is 0.0431 e. The first kappa shape index (κ1) is 11.7. The van der Waals surface area contributed by atoms with Crippen LogP contribution in [0.2, 0.25) is 0 Å². The van der Waals surface area contributed by atoms with Crippen molar-refractivity contribution in [1.29, 1.82) is 0 Å². The molecule has 0 saturated carbocycles. The Bertz CT molecular complexity index is 102. The Hall–Kier alpha value is -0.340. The van der Waals surface area contributed by atoms with Crippen LogP contribution in [0.5, 0.6) is 0 Å². The second kappa shape index (κ2) is 10.7. The second-order valence-electron chi connectivity index (χ2n) is 2.91. The molecule has 2 nitrogen and oxygen atoms in total. The number of nitrogens with one attached hydrogen (secondary N) is 1. The van der Waals surface area contributed by atoms with E-state index in [4.69, 9.17) is 5.11 Å². The minimum absolute atomic E-state index is 0.339. The molecule has 0 bridgehead atoms. The summed E-state index contributed by atoms with van der Waals surface area (Å²) >= 11 is 0. The van der Waals surface area contributed by atoms with Gasteiger partial charge in [0.1, 0.15) is 0 Å². The van der Waals surface area contributed by atoms with Crippen LogP contribution in [0.3, 0.4) is 0 Å². The third-order valence-corrected chi connectivity index (χ3v) is 1.76. The maximum atomic E-state index is 8.51. The number of hydrogen-bond acceptors (Lipinski definition) is 2. The van der Waals surface area contributed by atoms with Gasteiger partial charge >= 0.3 is 0 Å². The van der Waals surface area contributed by atoms with Crippen molar-refractivity contribution in [2.24, 2.45) is 0 Å². The van der Waals surface area contributed by atoms with E-state index >= 15 is 0 Å². The van der Waals surface area contributed by atoms with E-state index in [0.29, 0.717) is 6.61 Å². The van der Waals surface area contributed by atoms with Crippen LogP contribution in [-0.2, 0) is 0 Å². The van der Waals surface area contributed by atoms with Crippen molar-refractivity contribution in [3.8, 4) is 0 Å². The van der Waals surface area contributed by atoms with E-state index in [9.17, 15) is 0 Å². The molecule has 0 aliphatic carbocycles. The van der Waals surface area contributed by atoms with Gasteiger partial charge in [0.05, 0.1) is 0 Å². The zero-order valence-corrected chi connectivity index (χ0v) is 8.05. The summed E-state index contributed by atoms with van der Waals surface area (Å²) in [6.07, 6.45) is 8.73. The molecule has 0 aromatic carbocycles. The highest BCUT2D eigenvalue weighted by Crippen LogP contribution is 1.97. The van der Waals surface area contributed by atoms with Crippen molar-refractivity contribution < 1.29 is 5.11 Å². The average molecular weight is 171 g/mol. The fourth-order valence-corrected chi connectivity index (χ4v) is 1.02. The van der Waals surface area contributed by atoms with Gasteiger partial charge in [-0.2, -0.15) is 0 Å². The van der Waals surface area contributed by atoms with Gasteiger partial charge in [-0.05, 0) is 26.3 Å². The largest absolute Gasteiger partial charge is 0.396 e. The minimum Gasteiger partial charge on any atom is -0.396 e. The Kier molecular flexibility index (Phi) is 10.4. The number of hydrogen-bond donors (Lipinski definition) is 2. The molecule has 0 aromatic heterocycles. The molecule has 0 unspecified atom stereocenters. The molecular formula is C10H21NO. The van der Waals surface area contributed by atoms with Gasteiger partial charge in [-0.25, -0.2) is 0 Å². The lowest BCUT2D eigenvalue weighted by Crippen LogP contribution is -2.14. The van der Waals surface area contributed by atoms with Crippen molar-refractivity contribution in [2.45, 2.75) is 32.6 Å². The van der Waals surface area contributed by atoms with Gasteiger partial charge in [0.25, 0.3) is 0 Å². The molecule has 0 atom stereocenters. The third-order valence-electron chi connectivity index (χ3n) is 1.76. The van der Waals surface area contributed by atoms with Crippen molar-refractivity contribution in [1.82, 2.24) is 5.32 Å². The monoisotopic (exact) mass is 171 g/mol. The van der Waals surface area contributed by atoms with Crippen LogP contribution >= 0.6 is 0 Å². The van der Waals surface area contributed by atoms with E-state index in [0.717, 1.165) is 25.9 Å². The van der Waals surface area contributed by atoms with Crippen LogP contribution in [0, 0.1) is 0 Å². The zero-order valence-electron chi connectivity index (χ0n) is 8.05. The lowest BCUT2D eigenvalue weighted by atomic mass is 10.2. The van der Waals surface area contributed by atoms with Gasteiger partial charge in [0.2, 0.25) is 0 Å². The summed E-state index contributed by atoms with van der Waals surface area (Å²) in [7, 11) is 0. The standard InChI is InChI=1S/C10H21NO/c1-2-3-8-11-9-6-4-5-7-10-12/h2-3,11-12H,4-10H2,1H3/b3-2+. The number of aliphatic hydroxyl groups is 1. The summed E-state index contributed by atoms with van der Waals surface area (Å²) < 4.78 is 0. The van der Waals surface area contributed by atoms with Crippen LogP contribution in [-0.4, -0.2) is 24.8 Å². The number of rotatable bonds is 8. The number of unbranched alkanes of at least 4 members (excludes halogenated alkanes) is 3. The maximum absolute atomic E-state index is 8.51. The average Bonchev–Trinajstić information content (AvgIpc) is 2.10. The Morgan fingerprint density at radius 2 is 1.92 bits per heavy atom. The molecule has 0 spiro atoms. The molecular weight excluding hydrogens is 150 g/mol. The van der Waals surface area contributed by atoms with Crippen molar-refractivity contribution in [3.63, 3.8) is 0 Å². The fourth-order valence-electron chi connectivity index (χ4n) is 1.02. The first-order chi connectivity index (χ1) is 5.91. The van der Waals surface area contributed by atoms with Crippen molar-refractivity contribution in [3.05, 3.63) is 12.2 Å². The fraction of sp³-hybridized carbons (Fsp3) is 0.800. The lowest BCUT2D eigenvalue weighted by Gasteiger charge is -2.00. The number of allylic oxidation sites excluding steroid dienone is 1. The van der Waals surface area contributed by atoms with E-state index in [2.05, 4.69) is 17.5 Å². The van der Waals surface area contributed by atoms with Gasteiger partial charge in [-0.3, -0.25) is 0 Å². The molecule has 0 fully saturated rings. The molecule has 0 radical (unpaired) electrons. The Morgan fingerprint density at radius 3 is 2.58 bits per heavy atom. The lowest BCUT2D eigenvalue weighted by molar-refractivity contribution is 0.282. The predicted molar refractivity (Wildman–Crippen MR) is 53.2 cm³/mol. The highest BCUT2D eigenvalue weighted by atomic mass is 16.2. The Balaban J connectivity index is 2.81. The van der Waals surface area contributed by atoms with E-state index in [1.807, 2.05) is 6.92 Å². The first-order valence-electron chi connectivity index (χ1n) is 4.84. The van der Waals surface area contributed by atoms with Crippen LogP contribution < -0.4 is 5.32 Å². The Morgan fingerprint density at radius 1 is 1.17 bits per heavy atom. The highest BCUT2D eigenvalue weighted by Gasteiger charge is 1.87. The molecule has 12 heavy (non-hydrogen) atoms. The van der Waals surface area contributed by atoms with Gasteiger partial charge in [-0.1, -0.05) is 25.0 Å². The number of aliphatic hydroxyl groups excluding tert-OH is 1. The summed E-state index contributed by atoms with van der Waals surface area (Å²) in [5.74, 6) is 0. The van der Waals surface area contributed by atoms with Crippen LogP contribution in [0.4, 0.5) is 0 Å². The minimum atomic E-state index is 0.339. The van der Waals surface area contributed by atoms with Gasteiger partial charge in [0.15, 0.2) is 0 Å². The molecule has 0 aliphatic rings. The van der Waals surface area contributed by atoms with Gasteiger partial charge in [0, 0.05) is 13.2 Å². The molecule has 2 heteroatoms. The second-order valence-corrected chi connectivity index (χ2v) is 2.91. The van der Waals surface area contributed by atoms with Crippen molar-refractivity contribution in [2.75, 3.05) is 19.7 Å². The Labute approximate surface area is 75.7 Å². The summed E-state index contributed by atoms with van der Waals surface area (Å²) in [6.45, 7) is 4.45. The molecule has 0 aromatic rings. The SMILES string of the molecule is C/C=C/CNCCCCCCO. The molecule has 0 amide bonds. The predicted octanol–water partition coefficient (Wildman–Crippen LogP) is 1.70. The van der Waals surface area contributed by atoms with Crippen LogP contribution in [0.1, 0.15) is 32.6 Å². The van der Waals surface area contributed by atoms with E-state index in [1.165, 1.54) is 12.8 Å². The summed E-state index contributed by atoms with van der Waals surface area (Å²) in [5, 5.41) is 11.8. The van der Waals surface area contributed by atoms with Crippen LogP contribution in [0.15, 0.2) is 12.2 Å². The molecule has 0 saturated heterocycles. The first-order valence-corrected chi connectivity index (χ1v) is 4.84. The quantitative estimate of drug-likeness (QED) is 0.430. The van der Waals surface area contributed by atoms with E-state index < -0.39 is 0 Å². The summed E-state index contributed by atoms with van der Waals surface area (Å²) in [4.78, 5) is 0. The summed E-state index contributed by atoms with van der Waals surface area (Å²) in [5.41, 5.74) is 0.